The fourth-order valence-electron chi connectivity index (χ4n) is 7.24. The Bertz CT molecular complexity index is 1020. The third-order valence-electron chi connectivity index (χ3n) is 9.52. The second-order valence-electron chi connectivity index (χ2n) is 10.3. The van der Waals surface area contributed by atoms with Crippen LogP contribution in [0.2, 0.25) is 0 Å². The summed E-state index contributed by atoms with van der Waals surface area (Å²) in [6.07, 6.45) is 12.0. The Balaban J connectivity index is 1.57. The van der Waals surface area contributed by atoms with Gasteiger partial charge in [-0.25, -0.2) is 23.5 Å². The average molecular weight is 353 g/mol. The largest absolute Gasteiger partial charge is 0.348 e. The lowest BCUT2D eigenvalue weighted by Crippen LogP contribution is -2.55. The molecule has 4 aliphatic carbocycles. The van der Waals surface area contributed by atoms with Gasteiger partial charge in [-0.05, 0) is 36.0 Å². The summed E-state index contributed by atoms with van der Waals surface area (Å²) >= 11 is 0. The van der Waals surface area contributed by atoms with Gasteiger partial charge in [-0.3, -0.25) is 0 Å². The fourth-order valence-corrected chi connectivity index (χ4v) is 7.24. The molecule has 0 unspecified atom stereocenters. The van der Waals surface area contributed by atoms with Crippen molar-refractivity contribution in [1.82, 2.24) is 13.9 Å². The number of allylic oxidation sites excluding steroid dienone is 4. The number of rotatable bonds is 1. The number of fused-ring (bicyclic) bond motifs is 2. The lowest BCUT2D eigenvalue weighted by atomic mass is 9.57. The third-order valence-corrected chi connectivity index (χ3v) is 9.52. The molecule has 26 heavy (non-hydrogen) atoms. The van der Waals surface area contributed by atoms with E-state index in [0.717, 1.165) is 12.8 Å². The number of hydrogen-bond donors (Lipinski definition) is 0. The minimum Gasteiger partial charge on any atom is -0.246 e. The van der Waals surface area contributed by atoms with Gasteiger partial charge < -0.3 is 0 Å². The Morgan fingerprint density at radius 1 is 1.00 bits per heavy atom. The first kappa shape index (κ1) is 15.3. The van der Waals surface area contributed by atoms with Gasteiger partial charge in [-0.15, -0.1) is 0 Å². The molecule has 138 valence electrons. The van der Waals surface area contributed by atoms with E-state index in [4.69, 9.17) is 0 Å². The molecule has 4 bridgehead atoms. The van der Waals surface area contributed by atoms with Crippen LogP contribution in [0.5, 0.6) is 0 Å². The van der Waals surface area contributed by atoms with Crippen molar-refractivity contribution < 1.29 is 0 Å². The molecule has 3 heterocycles. The number of aromatic nitrogens is 3. The van der Waals surface area contributed by atoms with Gasteiger partial charge >= 0.3 is 11.4 Å². The van der Waals surface area contributed by atoms with Crippen LogP contribution in [-0.4, -0.2) is 13.9 Å². The third kappa shape index (κ3) is 1.29. The van der Waals surface area contributed by atoms with Crippen molar-refractivity contribution in [3.8, 4) is 0 Å². The summed E-state index contributed by atoms with van der Waals surface area (Å²) in [5, 5.41) is 0. The Kier molecular flexibility index (Phi) is 2.38. The molecule has 0 aromatic carbocycles. The number of nitrogens with zero attached hydrogens (tertiary/aromatic N) is 3. The van der Waals surface area contributed by atoms with E-state index in [1.54, 1.807) is 13.9 Å². The van der Waals surface area contributed by atoms with Gasteiger partial charge in [0.25, 0.3) is 0 Å². The molecular formula is C21H27N3O2. The lowest BCUT2D eigenvalue weighted by Gasteiger charge is -2.55. The predicted octanol–water partition coefficient (Wildman–Crippen LogP) is 3.06. The van der Waals surface area contributed by atoms with Crippen LogP contribution in [0.1, 0.15) is 65.1 Å². The predicted molar refractivity (Wildman–Crippen MR) is 99.2 cm³/mol. The van der Waals surface area contributed by atoms with Gasteiger partial charge in [0.15, 0.2) is 0 Å². The molecule has 0 radical (unpaired) electrons. The van der Waals surface area contributed by atoms with Crippen LogP contribution >= 0.6 is 0 Å². The minimum absolute atomic E-state index is 0.0177. The zero-order valence-electron chi connectivity index (χ0n) is 16.0. The van der Waals surface area contributed by atoms with Crippen molar-refractivity contribution in [3.63, 3.8) is 0 Å². The smallest absolute Gasteiger partial charge is 0.246 e. The quantitative estimate of drug-likeness (QED) is 0.729. The average Bonchev–Trinajstić information content (AvgIpc) is 3.04. The zero-order chi connectivity index (χ0) is 18.2. The molecule has 6 aliphatic rings. The highest BCUT2D eigenvalue weighted by molar-refractivity contribution is 5.33. The van der Waals surface area contributed by atoms with E-state index in [0.29, 0.717) is 11.8 Å². The molecule has 5 nitrogen and oxygen atoms in total. The van der Waals surface area contributed by atoms with Crippen LogP contribution in [0.4, 0.5) is 0 Å². The molecule has 0 amide bonds. The van der Waals surface area contributed by atoms with Crippen molar-refractivity contribution in [2.75, 3.05) is 0 Å². The van der Waals surface area contributed by atoms with Gasteiger partial charge in [0.1, 0.15) is 0 Å². The van der Waals surface area contributed by atoms with Crippen LogP contribution in [0.15, 0.2) is 33.9 Å². The van der Waals surface area contributed by atoms with Crippen molar-refractivity contribution in [2.45, 2.75) is 65.1 Å². The van der Waals surface area contributed by atoms with Crippen LogP contribution in [-0.2, 0) is 0 Å². The SMILES string of the molecule is CC1(C)[C@H]2CC[C@]1(C)[C@H](n1c(=O)n3n(c1=O)[C@@H]1C=C[C@@H]3[C@H]3C=C[C@@]31C)C2. The zero-order valence-corrected chi connectivity index (χ0v) is 16.0. The monoisotopic (exact) mass is 353 g/mol. The Morgan fingerprint density at radius 2 is 1.73 bits per heavy atom. The van der Waals surface area contributed by atoms with Crippen molar-refractivity contribution in [3.05, 3.63) is 45.3 Å². The maximum Gasteiger partial charge on any atom is 0.348 e. The summed E-state index contributed by atoms with van der Waals surface area (Å²) < 4.78 is 5.18. The second kappa shape index (κ2) is 4.05. The highest BCUT2D eigenvalue weighted by Crippen LogP contribution is 2.69. The van der Waals surface area contributed by atoms with E-state index in [2.05, 4.69) is 52.0 Å². The van der Waals surface area contributed by atoms with Crippen molar-refractivity contribution >= 4 is 0 Å². The summed E-state index contributed by atoms with van der Waals surface area (Å²) in [7, 11) is 0. The van der Waals surface area contributed by atoms with Crippen molar-refractivity contribution in [2.24, 2.45) is 28.1 Å². The molecule has 0 spiro atoms. The van der Waals surface area contributed by atoms with E-state index in [1.807, 2.05) is 0 Å². The molecular weight excluding hydrogens is 326 g/mol. The van der Waals surface area contributed by atoms with Gasteiger partial charge in [0, 0.05) is 17.4 Å². The molecule has 1 aromatic rings. The Morgan fingerprint density at radius 3 is 2.31 bits per heavy atom. The molecule has 5 heteroatoms. The molecule has 2 aliphatic heterocycles. The first-order valence-corrected chi connectivity index (χ1v) is 10.0. The molecule has 1 aromatic heterocycles. The standard InChI is InChI=1S/C21H27N3O2/c1-19(2)12-7-10-21(19,4)16(11-12)22-17(25)23-14-5-6-15(24(23)18(22)26)20(3)9-8-13(14)20/h5-6,8-9,12-16H,7,10-11H2,1-4H3/t12-,13+,14+,15+,16+,20-,21+/m0/s1. The maximum atomic E-state index is 13.5. The van der Waals surface area contributed by atoms with Gasteiger partial charge in [0.05, 0.1) is 12.1 Å². The fraction of sp³-hybridized carbons (Fsp3) is 0.714. The second-order valence-corrected chi connectivity index (χ2v) is 10.3. The molecule has 2 saturated carbocycles. The van der Waals surface area contributed by atoms with Gasteiger partial charge in [-0.2, -0.15) is 0 Å². The lowest BCUT2D eigenvalue weighted by molar-refractivity contribution is 0.0553. The van der Waals surface area contributed by atoms with E-state index in [-0.39, 0.29) is 45.7 Å². The van der Waals surface area contributed by atoms with Crippen molar-refractivity contribution in [1.29, 1.82) is 0 Å². The normalized spacial score (nSPS) is 48.5. The van der Waals surface area contributed by atoms with Crippen LogP contribution in [0.25, 0.3) is 0 Å². The van der Waals surface area contributed by atoms with Crippen LogP contribution in [0, 0.1) is 28.1 Å². The summed E-state index contributed by atoms with van der Waals surface area (Å²) in [4.78, 5) is 27.0. The van der Waals surface area contributed by atoms with Crippen LogP contribution in [0.3, 0.4) is 0 Å². The highest BCUT2D eigenvalue weighted by atomic mass is 16.2. The minimum atomic E-state index is -0.0936. The van der Waals surface area contributed by atoms with Gasteiger partial charge in [0.2, 0.25) is 0 Å². The van der Waals surface area contributed by atoms with E-state index in [9.17, 15) is 9.59 Å². The summed E-state index contributed by atoms with van der Waals surface area (Å²) in [6.45, 7) is 9.19. The first-order valence-electron chi connectivity index (χ1n) is 10.0. The summed E-state index contributed by atoms with van der Waals surface area (Å²) in [5.74, 6) is 0.938. The van der Waals surface area contributed by atoms with E-state index in [1.165, 1.54) is 6.42 Å². The molecule has 0 saturated heterocycles. The summed E-state index contributed by atoms with van der Waals surface area (Å²) in [5.41, 5.74) is -0.0119. The van der Waals surface area contributed by atoms with Crippen LogP contribution < -0.4 is 11.4 Å². The molecule has 7 rings (SSSR count). The molecule has 7 atom stereocenters. The molecule has 2 fully saturated rings. The first-order chi connectivity index (χ1) is 12.2. The summed E-state index contributed by atoms with van der Waals surface area (Å²) in [6, 6.07) is -0.0288. The Hall–Kier alpha value is -1.78. The highest BCUT2D eigenvalue weighted by Gasteiger charge is 2.63. The van der Waals surface area contributed by atoms with Gasteiger partial charge in [-0.1, -0.05) is 52.0 Å². The number of hydrogen-bond acceptors (Lipinski definition) is 2. The van der Waals surface area contributed by atoms with E-state index < -0.39 is 0 Å². The Labute approximate surface area is 153 Å². The molecule has 0 N–H and O–H groups in total. The topological polar surface area (TPSA) is 48.9 Å². The van der Waals surface area contributed by atoms with E-state index >= 15 is 0 Å². The maximum absolute atomic E-state index is 13.5.